The van der Waals surface area contributed by atoms with Crippen molar-refractivity contribution in [3.63, 3.8) is 0 Å². The molecule has 8 rings (SSSR count). The van der Waals surface area contributed by atoms with Gasteiger partial charge in [0.2, 0.25) is 59.1 Å². The molecule has 0 bridgehead atoms. The highest BCUT2D eigenvalue weighted by atomic mass is 16.5. The van der Waals surface area contributed by atoms with Gasteiger partial charge in [-0.2, -0.15) is 0 Å². The number of ether oxygens (including phenoxy) is 4. The molecular weight excluding hydrogens is 1460 g/mol. The fraction of sp³-hybridized carbons (Fsp3) is 0.373. The van der Waals surface area contributed by atoms with Crippen LogP contribution in [-0.4, -0.2) is 186 Å². The summed E-state index contributed by atoms with van der Waals surface area (Å²) in [5.41, 5.74) is 38.4. The van der Waals surface area contributed by atoms with Crippen molar-refractivity contribution in [2.24, 2.45) is 38.7 Å². The van der Waals surface area contributed by atoms with Gasteiger partial charge in [0.25, 0.3) is 0 Å². The number of nitrogens with one attached hydrogen (secondary N) is 10. The third-order valence-corrected chi connectivity index (χ3v) is 17.2. The lowest BCUT2D eigenvalue weighted by Gasteiger charge is -2.25. The van der Waals surface area contributed by atoms with Gasteiger partial charge in [-0.3, -0.25) is 72.3 Å². The highest BCUT2D eigenvalue weighted by Crippen LogP contribution is 2.25. The van der Waals surface area contributed by atoms with Gasteiger partial charge >= 0.3 is 17.9 Å². The van der Waals surface area contributed by atoms with Gasteiger partial charge in [0.1, 0.15) is 49.3 Å². The van der Waals surface area contributed by atoms with E-state index in [9.17, 15) is 67.4 Å². The number of nitrogens with two attached hydrogens (primary N) is 5. The molecule has 4 heterocycles. The van der Waals surface area contributed by atoms with Crippen LogP contribution < -0.4 is 81.8 Å². The van der Waals surface area contributed by atoms with Crippen molar-refractivity contribution in [2.75, 3.05) is 45.8 Å². The van der Waals surface area contributed by atoms with Gasteiger partial charge in [-0.05, 0) is 160 Å². The Labute approximate surface area is 642 Å². The molecular formula is C75H93N17O20. The predicted octanol–water partition coefficient (Wildman–Crippen LogP) is -2.19. The second kappa shape index (κ2) is 44.7. The zero-order valence-corrected chi connectivity index (χ0v) is 61.1. The van der Waals surface area contributed by atoms with E-state index in [1.807, 2.05) is 72.0 Å². The highest BCUT2D eigenvalue weighted by Gasteiger charge is 2.33. The highest BCUT2D eigenvalue weighted by molar-refractivity contribution is 6.01. The number of benzene rings is 4. The van der Waals surface area contributed by atoms with E-state index < -0.39 is 139 Å². The Kier molecular flexibility index (Phi) is 34.5. The van der Waals surface area contributed by atoms with Crippen LogP contribution in [0.25, 0.3) is 24.3 Å². The molecule has 0 aliphatic carbocycles. The van der Waals surface area contributed by atoms with Crippen molar-refractivity contribution < 1.29 is 96.6 Å². The zero-order valence-electron chi connectivity index (χ0n) is 61.1. The Balaban J connectivity index is 0.000000311. The molecule has 37 heteroatoms. The summed E-state index contributed by atoms with van der Waals surface area (Å²) in [4.78, 5) is 174. The third-order valence-electron chi connectivity index (χ3n) is 17.2. The molecule has 0 radical (unpaired) electrons. The van der Waals surface area contributed by atoms with Gasteiger partial charge in [0.15, 0.2) is 11.9 Å². The smallest absolute Gasteiger partial charge is 0.322 e. The summed E-state index contributed by atoms with van der Waals surface area (Å²) in [7, 11) is 0. The standard InChI is InChI=1S/C38H49N9O9.C37H44N8O11/c39-13-1-3-29(35(52)44-18-34(50)51)46-36(53)30(4-2-14-42-38(40)41)47-37(54)31(45-33(49)12-8-24-6-10-26-20-56-22-28(26)16-24)17-43-32(48)11-7-23-5-9-25-19-55-21-27(25)15-23;38-37(39)40-11-1-2-27(35(53)45-28(14-32(48)49)34(52)42-16-33(50)51)44-36(54)29(43-31(47)10-6-22-4-8-24-18-56-20-26(24)13-22)15-41-30(46)9-5-21-3-7-23-17-55-19-25(23)12-21/h5-12,15-16,29-31H,1-4,13-14,17-22,39H2,(H,43,48)(H,44,52)(H,45,49)(H,46,53)(H,47,54)(H,50,51)(H4,40,41,42);3-10,12-13,27-29H,1-2,11,14-20H2,(H,41,46)(H,42,52)(H,43,47)(H,44,54)(H,45,53)(H,48,49)(H,50,51)(H4,38,39,40)/b11-7+,12-8+;9-5+,10-6+/t29-,30-,31?;27-,28-,29?/m11/s1. The molecule has 0 saturated carbocycles. The van der Waals surface area contributed by atoms with Crippen LogP contribution in [0.2, 0.25) is 0 Å². The molecule has 6 atom stereocenters. The minimum absolute atomic E-state index is 0.00175. The van der Waals surface area contributed by atoms with Crippen LogP contribution >= 0.6 is 0 Å². The molecule has 0 fully saturated rings. The number of hydrogen-bond acceptors (Lipinski definition) is 20. The van der Waals surface area contributed by atoms with E-state index in [-0.39, 0.29) is 70.2 Å². The quantitative estimate of drug-likeness (QED) is 0.00971. The molecule has 0 spiro atoms. The summed E-state index contributed by atoms with van der Waals surface area (Å²) < 4.78 is 21.8. The lowest BCUT2D eigenvalue weighted by atomic mass is 10.1. The number of hydrogen-bond donors (Lipinski definition) is 18. The van der Waals surface area contributed by atoms with Crippen LogP contribution in [0.3, 0.4) is 0 Å². The number of amides is 10. The number of carboxylic acids is 3. The minimum atomic E-state index is -1.72. The Morgan fingerprint density at radius 1 is 0.357 bits per heavy atom. The van der Waals surface area contributed by atoms with E-state index in [1.165, 1.54) is 30.4 Å². The lowest BCUT2D eigenvalue weighted by Crippen LogP contribution is -2.58. The number of carbonyl (C=O) groups is 13. The molecule has 2 unspecified atom stereocenters. The monoisotopic (exact) mass is 1550 g/mol. The summed E-state index contributed by atoms with van der Waals surface area (Å²) in [5, 5.41) is 51.8. The van der Waals surface area contributed by atoms with E-state index in [2.05, 4.69) is 57.8 Å². The van der Waals surface area contributed by atoms with E-state index >= 15 is 0 Å². The average Bonchev–Trinajstić information content (AvgIpc) is 1.73. The van der Waals surface area contributed by atoms with Crippen molar-refractivity contribution in [3.05, 3.63) is 164 Å². The van der Waals surface area contributed by atoms with E-state index in [4.69, 9.17) is 57.8 Å². The molecule has 112 heavy (non-hydrogen) atoms. The van der Waals surface area contributed by atoms with Gasteiger partial charge in [-0.15, -0.1) is 0 Å². The normalized spacial score (nSPS) is 14.5. The summed E-state index contributed by atoms with van der Waals surface area (Å²) >= 11 is 0. The average molecular weight is 1550 g/mol. The van der Waals surface area contributed by atoms with Gasteiger partial charge in [-0.1, -0.05) is 48.5 Å². The first kappa shape index (κ1) is 86.5. The van der Waals surface area contributed by atoms with Crippen LogP contribution in [0.5, 0.6) is 0 Å². The maximum Gasteiger partial charge on any atom is 0.322 e. The van der Waals surface area contributed by atoms with Crippen LogP contribution in [0.4, 0.5) is 0 Å². The van der Waals surface area contributed by atoms with Crippen molar-refractivity contribution in [3.8, 4) is 0 Å². The number of carboxylic acid groups (broad SMARTS) is 3. The first-order chi connectivity index (χ1) is 53.7. The number of rotatable bonds is 41. The summed E-state index contributed by atoms with van der Waals surface area (Å²) in [5.74, 6) is -12.4. The maximum absolute atomic E-state index is 13.9. The molecule has 37 nitrogen and oxygen atoms in total. The van der Waals surface area contributed by atoms with E-state index in [0.717, 1.165) is 61.2 Å². The molecule has 0 aromatic heterocycles. The largest absolute Gasteiger partial charge is 0.481 e. The topological polar surface area (TPSA) is 595 Å². The molecule has 4 aromatic carbocycles. The van der Waals surface area contributed by atoms with Crippen LogP contribution in [-0.2, 0) is 134 Å². The van der Waals surface area contributed by atoms with Crippen molar-refractivity contribution >= 4 is 113 Å². The fourth-order valence-electron chi connectivity index (χ4n) is 11.4. The Hall–Kier alpha value is -12.7. The van der Waals surface area contributed by atoms with Crippen molar-refractivity contribution in [2.45, 2.75) is 134 Å². The number of carbonyl (C=O) groups excluding carboxylic acids is 10. The lowest BCUT2D eigenvalue weighted by molar-refractivity contribution is -0.142. The Morgan fingerprint density at radius 2 is 0.652 bits per heavy atom. The molecule has 4 aliphatic rings. The first-order valence-electron chi connectivity index (χ1n) is 35.6. The predicted molar refractivity (Wildman–Crippen MR) is 405 cm³/mol. The van der Waals surface area contributed by atoms with Crippen molar-refractivity contribution in [1.29, 1.82) is 0 Å². The first-order valence-corrected chi connectivity index (χ1v) is 35.6. The summed E-state index contributed by atoms with van der Waals surface area (Å²) in [6, 6.07) is 14.1. The Morgan fingerprint density at radius 3 is 0.973 bits per heavy atom. The molecule has 4 aliphatic heterocycles. The molecule has 598 valence electrons. The third kappa shape index (κ3) is 30.0. The number of guanidine groups is 2. The van der Waals surface area contributed by atoms with Crippen LogP contribution in [0, 0.1) is 0 Å². The van der Waals surface area contributed by atoms with Gasteiger partial charge < -0.3 is 116 Å². The maximum atomic E-state index is 13.9. The van der Waals surface area contributed by atoms with Gasteiger partial charge in [0.05, 0.1) is 59.3 Å². The second-order valence-electron chi connectivity index (χ2n) is 25.9. The van der Waals surface area contributed by atoms with Crippen LogP contribution in [0.15, 0.2) is 107 Å². The van der Waals surface area contributed by atoms with Crippen molar-refractivity contribution in [1.82, 2.24) is 53.2 Å². The summed E-state index contributed by atoms with van der Waals surface area (Å²) in [6.45, 7) is 1.90. The van der Waals surface area contributed by atoms with Gasteiger partial charge in [-0.25, -0.2) is 0 Å². The number of aliphatic carboxylic acids is 3. The molecule has 10 amide bonds. The Bertz CT molecular complexity index is 4280. The number of aliphatic imine (C=N–C) groups is 2. The van der Waals surface area contributed by atoms with Crippen LogP contribution in [0.1, 0.15) is 112 Å². The molecule has 4 aromatic rings. The number of nitrogens with zero attached hydrogens (tertiary/aromatic N) is 2. The molecule has 23 N–H and O–H groups in total. The fourth-order valence-corrected chi connectivity index (χ4v) is 11.4. The number of fused-ring (bicyclic) bond motifs is 4. The van der Waals surface area contributed by atoms with E-state index in [1.54, 1.807) is 24.3 Å². The summed E-state index contributed by atoms with van der Waals surface area (Å²) in [6.07, 6.45) is 11.0. The SMILES string of the molecule is NC(N)=NCCC[C@@H](NC(=O)C(CNC(=O)/C=C/c1ccc2c(c1)COC2)NC(=O)/C=C/c1ccc2c(c1)COC2)C(=O)N[C@H](CC(=O)O)C(=O)NCC(=O)O.NCCC[C@@H](NC(=O)[C@@H](CCCN=C(N)N)NC(=O)C(CNC(=O)/C=C/c1ccc2c(c1)COC2)NC(=O)/C=C/c1ccc2c(c1)COC2)C(=O)NCC(=O)O. The van der Waals surface area contributed by atoms with Gasteiger partial charge in [0, 0.05) is 50.5 Å². The zero-order chi connectivity index (χ0) is 81.1. The minimum Gasteiger partial charge on any atom is -0.481 e. The van der Waals surface area contributed by atoms with E-state index in [0.29, 0.717) is 64.8 Å². The second-order valence-corrected chi connectivity index (χ2v) is 25.9. The molecule has 0 saturated heterocycles.